The second kappa shape index (κ2) is 8.31. The second-order valence-corrected chi connectivity index (χ2v) is 6.45. The number of nitrogens with one attached hydrogen (secondary N) is 2. The van der Waals surface area contributed by atoms with Gasteiger partial charge in [-0.3, -0.25) is 0 Å². The third-order valence-electron chi connectivity index (χ3n) is 4.44. The number of carbonyl (C=O) groups excluding carboxylic acids is 1. The Labute approximate surface area is 167 Å². The number of para-hydroxylation sites is 3. The molecule has 0 spiro atoms. The molecule has 4 rings (SSSR count). The van der Waals surface area contributed by atoms with Gasteiger partial charge in [-0.05, 0) is 35.9 Å². The van der Waals surface area contributed by atoms with E-state index in [1.807, 2.05) is 30.3 Å². The second-order valence-electron chi connectivity index (χ2n) is 6.45. The lowest BCUT2D eigenvalue weighted by atomic mass is 10.1. The average molecular weight is 386 g/mol. The Kier molecular flexibility index (Phi) is 5.25. The van der Waals surface area contributed by atoms with Crippen LogP contribution in [0.1, 0.15) is 11.1 Å². The molecule has 2 aromatic carbocycles. The number of nitriles is 1. The lowest BCUT2D eigenvalue weighted by molar-refractivity contribution is 0.219. The first kappa shape index (κ1) is 18.3. The van der Waals surface area contributed by atoms with Crippen molar-refractivity contribution < 1.29 is 14.3 Å². The smallest absolute Gasteiger partial charge is 0.319 e. The van der Waals surface area contributed by atoms with Crippen LogP contribution in [-0.2, 0) is 6.42 Å². The number of carbonyl (C=O) groups is 1. The Morgan fingerprint density at radius 2 is 2.00 bits per heavy atom. The van der Waals surface area contributed by atoms with Crippen molar-refractivity contribution in [3.63, 3.8) is 0 Å². The van der Waals surface area contributed by atoms with Gasteiger partial charge in [0.25, 0.3) is 0 Å². The van der Waals surface area contributed by atoms with Gasteiger partial charge in [-0.15, -0.1) is 0 Å². The first-order valence-corrected chi connectivity index (χ1v) is 9.14. The Morgan fingerprint density at radius 3 is 2.86 bits per heavy atom. The summed E-state index contributed by atoms with van der Waals surface area (Å²) in [6.45, 7) is 0.377. The van der Waals surface area contributed by atoms with Crippen LogP contribution in [0.15, 0.2) is 66.9 Å². The van der Waals surface area contributed by atoms with Crippen molar-refractivity contribution in [2.45, 2.75) is 12.5 Å². The Bertz CT molecular complexity index is 1050. The molecule has 7 nitrogen and oxygen atoms in total. The van der Waals surface area contributed by atoms with Gasteiger partial charge in [-0.1, -0.05) is 30.3 Å². The SMILES string of the molecule is N#Cc1cccnc1Oc1ccccc1NC(=O)NCC1Cc2ccccc2O1. The molecular formula is C22H18N4O3. The zero-order valence-electron chi connectivity index (χ0n) is 15.5. The average Bonchev–Trinajstić information content (AvgIpc) is 3.17. The van der Waals surface area contributed by atoms with Crippen LogP contribution in [-0.4, -0.2) is 23.7 Å². The van der Waals surface area contributed by atoms with E-state index in [9.17, 15) is 10.1 Å². The van der Waals surface area contributed by atoms with E-state index in [-0.39, 0.29) is 18.0 Å². The fourth-order valence-electron chi connectivity index (χ4n) is 3.06. The maximum Gasteiger partial charge on any atom is 0.319 e. The normalized spacial score (nSPS) is 14.2. The summed E-state index contributed by atoms with van der Waals surface area (Å²) in [6, 6.07) is 19.8. The third-order valence-corrected chi connectivity index (χ3v) is 4.44. The van der Waals surface area contributed by atoms with Crippen LogP contribution in [0.2, 0.25) is 0 Å². The minimum Gasteiger partial charge on any atom is -0.488 e. The van der Waals surface area contributed by atoms with Gasteiger partial charge >= 0.3 is 6.03 Å². The van der Waals surface area contributed by atoms with Gasteiger partial charge in [0.05, 0.1) is 12.2 Å². The quantitative estimate of drug-likeness (QED) is 0.694. The molecule has 0 aliphatic carbocycles. The molecule has 1 aromatic heterocycles. The van der Waals surface area contributed by atoms with E-state index in [1.54, 1.807) is 42.6 Å². The van der Waals surface area contributed by atoms with Gasteiger partial charge in [0.2, 0.25) is 5.88 Å². The van der Waals surface area contributed by atoms with Crippen LogP contribution in [0.3, 0.4) is 0 Å². The number of fused-ring (bicyclic) bond motifs is 1. The van der Waals surface area contributed by atoms with Crippen LogP contribution in [0, 0.1) is 11.3 Å². The number of hydrogen-bond acceptors (Lipinski definition) is 5. The zero-order valence-corrected chi connectivity index (χ0v) is 15.5. The standard InChI is InChI=1S/C22H18N4O3/c23-13-16-7-5-11-24-21(16)29-20-10-4-2-8-18(20)26-22(27)25-14-17-12-15-6-1-3-9-19(15)28-17/h1-11,17H,12,14H2,(H2,25,26,27). The summed E-state index contributed by atoms with van der Waals surface area (Å²) in [6.07, 6.45) is 2.20. The molecule has 3 aromatic rings. The Balaban J connectivity index is 1.37. The molecule has 7 heteroatoms. The van der Waals surface area contributed by atoms with Crippen molar-refractivity contribution >= 4 is 11.7 Å². The lowest BCUT2D eigenvalue weighted by Gasteiger charge is -2.15. The molecule has 1 aliphatic heterocycles. The molecule has 0 fully saturated rings. The minimum absolute atomic E-state index is 0.101. The van der Waals surface area contributed by atoms with E-state index in [1.165, 1.54) is 0 Å². The summed E-state index contributed by atoms with van der Waals surface area (Å²) >= 11 is 0. The molecule has 144 valence electrons. The van der Waals surface area contributed by atoms with Gasteiger partial charge in [-0.2, -0.15) is 5.26 Å². The zero-order chi connectivity index (χ0) is 20.1. The monoisotopic (exact) mass is 386 g/mol. The number of amides is 2. The Hall–Kier alpha value is -4.05. The van der Waals surface area contributed by atoms with E-state index >= 15 is 0 Å². The van der Waals surface area contributed by atoms with E-state index in [0.717, 1.165) is 17.7 Å². The molecule has 2 heterocycles. The highest BCUT2D eigenvalue weighted by Gasteiger charge is 2.22. The number of rotatable bonds is 5. The van der Waals surface area contributed by atoms with Crippen LogP contribution in [0.5, 0.6) is 17.4 Å². The number of benzene rings is 2. The third kappa shape index (κ3) is 4.28. The first-order chi connectivity index (χ1) is 14.2. The molecule has 1 atom stereocenters. The van der Waals surface area contributed by atoms with Crippen molar-refractivity contribution in [1.29, 1.82) is 5.26 Å². The highest BCUT2D eigenvalue weighted by Crippen LogP contribution is 2.30. The van der Waals surface area contributed by atoms with Gasteiger partial charge in [-0.25, -0.2) is 9.78 Å². The maximum atomic E-state index is 12.4. The van der Waals surface area contributed by atoms with Crippen molar-refractivity contribution in [2.24, 2.45) is 0 Å². The molecule has 2 N–H and O–H groups in total. The van der Waals surface area contributed by atoms with Gasteiger partial charge in [0, 0.05) is 12.6 Å². The lowest BCUT2D eigenvalue weighted by Crippen LogP contribution is -2.37. The summed E-state index contributed by atoms with van der Waals surface area (Å²) in [5.41, 5.74) is 1.92. The number of hydrogen-bond donors (Lipinski definition) is 2. The highest BCUT2D eigenvalue weighted by atomic mass is 16.5. The maximum absolute atomic E-state index is 12.4. The van der Waals surface area contributed by atoms with Crippen LogP contribution >= 0.6 is 0 Å². The van der Waals surface area contributed by atoms with Crippen LogP contribution in [0.4, 0.5) is 10.5 Å². The van der Waals surface area contributed by atoms with Gasteiger partial charge < -0.3 is 20.1 Å². The molecule has 1 aliphatic rings. The van der Waals surface area contributed by atoms with Crippen molar-refractivity contribution in [3.05, 3.63) is 78.0 Å². The van der Waals surface area contributed by atoms with Crippen LogP contribution in [0.25, 0.3) is 0 Å². The van der Waals surface area contributed by atoms with E-state index in [2.05, 4.69) is 15.6 Å². The summed E-state index contributed by atoms with van der Waals surface area (Å²) in [5, 5.41) is 14.8. The molecule has 0 bridgehead atoms. The van der Waals surface area contributed by atoms with Crippen molar-refractivity contribution in [2.75, 3.05) is 11.9 Å². The number of ether oxygens (including phenoxy) is 2. The first-order valence-electron chi connectivity index (χ1n) is 9.14. The van der Waals surface area contributed by atoms with E-state index in [4.69, 9.17) is 9.47 Å². The Morgan fingerprint density at radius 1 is 1.17 bits per heavy atom. The van der Waals surface area contributed by atoms with E-state index < -0.39 is 0 Å². The predicted molar refractivity (Wildman–Crippen MR) is 107 cm³/mol. The number of aromatic nitrogens is 1. The number of nitrogens with zero attached hydrogens (tertiary/aromatic N) is 2. The van der Waals surface area contributed by atoms with Crippen LogP contribution < -0.4 is 20.1 Å². The van der Waals surface area contributed by atoms with E-state index in [0.29, 0.717) is 23.5 Å². The van der Waals surface area contributed by atoms with Crippen molar-refractivity contribution in [1.82, 2.24) is 10.3 Å². The summed E-state index contributed by atoms with van der Waals surface area (Å²) < 4.78 is 11.6. The molecule has 1 unspecified atom stereocenters. The summed E-state index contributed by atoms with van der Waals surface area (Å²) in [7, 11) is 0. The largest absolute Gasteiger partial charge is 0.488 e. The fourth-order valence-corrected chi connectivity index (χ4v) is 3.06. The number of anilines is 1. The molecule has 0 saturated heterocycles. The molecule has 0 saturated carbocycles. The minimum atomic E-state index is -0.373. The highest BCUT2D eigenvalue weighted by molar-refractivity contribution is 5.91. The fraction of sp³-hybridized carbons (Fsp3) is 0.136. The number of pyridine rings is 1. The summed E-state index contributed by atoms with van der Waals surface area (Å²) in [4.78, 5) is 16.5. The van der Waals surface area contributed by atoms with Crippen molar-refractivity contribution in [3.8, 4) is 23.4 Å². The molecule has 0 radical (unpaired) electrons. The predicted octanol–water partition coefficient (Wildman–Crippen LogP) is 3.87. The topological polar surface area (TPSA) is 96.3 Å². The summed E-state index contributed by atoms with van der Waals surface area (Å²) in [5.74, 6) is 1.44. The molecule has 2 amide bonds. The molecule has 29 heavy (non-hydrogen) atoms. The molecular weight excluding hydrogens is 368 g/mol. The number of urea groups is 1. The van der Waals surface area contributed by atoms with Gasteiger partial charge in [0.1, 0.15) is 23.5 Å². The van der Waals surface area contributed by atoms with Gasteiger partial charge in [0.15, 0.2) is 5.75 Å².